The molecule has 112 valence electrons. The number of nitrogens with one attached hydrogen (secondary N) is 1. The maximum atomic E-state index is 5.92. The minimum atomic E-state index is 0.118. The Bertz CT molecular complexity index is 715. The average molecular weight is 340 g/mol. The van der Waals surface area contributed by atoms with Crippen molar-refractivity contribution in [2.24, 2.45) is 5.73 Å². The second kappa shape index (κ2) is 6.31. The quantitative estimate of drug-likeness (QED) is 0.714. The molecule has 21 heavy (non-hydrogen) atoms. The Morgan fingerprint density at radius 1 is 1.48 bits per heavy atom. The number of methoxy groups -OCH3 is 1. The van der Waals surface area contributed by atoms with Gasteiger partial charge >= 0.3 is 0 Å². The maximum Gasteiger partial charge on any atom is 0.160 e. The van der Waals surface area contributed by atoms with Gasteiger partial charge in [-0.3, -0.25) is 0 Å². The third-order valence-corrected chi connectivity index (χ3v) is 6.07. The van der Waals surface area contributed by atoms with Crippen molar-refractivity contribution >= 4 is 49.4 Å². The summed E-state index contributed by atoms with van der Waals surface area (Å²) in [6.07, 6.45) is 0.819. The molecule has 0 spiro atoms. The predicted octanol–water partition coefficient (Wildman–Crippen LogP) is 3.93. The van der Waals surface area contributed by atoms with Crippen LogP contribution in [0.25, 0.3) is 10.2 Å². The summed E-state index contributed by atoms with van der Waals surface area (Å²) in [5.74, 6) is 0.882. The predicted molar refractivity (Wildman–Crippen MR) is 93.0 cm³/mol. The highest BCUT2D eigenvalue weighted by Crippen LogP contribution is 2.43. The number of hydrogen-bond donors (Lipinski definition) is 2. The van der Waals surface area contributed by atoms with E-state index in [1.165, 1.54) is 26.0 Å². The van der Waals surface area contributed by atoms with Gasteiger partial charge in [0.1, 0.15) is 10.5 Å². The Hall–Kier alpha value is -1.15. The van der Waals surface area contributed by atoms with E-state index in [1.807, 2.05) is 6.92 Å². The molecule has 0 aromatic carbocycles. The number of nitrogens with zero attached hydrogens (tertiary/aromatic N) is 1. The SMILES string of the molecule is COc1c(C[C@H](C)N)sc2c(NCc3cccs3)snc12. The minimum Gasteiger partial charge on any atom is -0.493 e. The molecule has 0 bridgehead atoms. The van der Waals surface area contributed by atoms with E-state index in [1.54, 1.807) is 29.8 Å². The van der Waals surface area contributed by atoms with Crippen LogP contribution in [0.15, 0.2) is 17.5 Å². The van der Waals surface area contributed by atoms with Crippen molar-refractivity contribution in [1.29, 1.82) is 0 Å². The van der Waals surface area contributed by atoms with Crippen LogP contribution in [0.3, 0.4) is 0 Å². The van der Waals surface area contributed by atoms with Crippen molar-refractivity contribution in [2.75, 3.05) is 12.4 Å². The Morgan fingerprint density at radius 3 is 3.00 bits per heavy atom. The molecule has 1 atom stereocenters. The molecule has 0 aliphatic heterocycles. The summed E-state index contributed by atoms with van der Waals surface area (Å²) in [6, 6.07) is 4.32. The monoisotopic (exact) mass is 339 g/mol. The van der Waals surface area contributed by atoms with Crippen LogP contribution in [0.1, 0.15) is 16.7 Å². The molecule has 0 saturated carbocycles. The first-order chi connectivity index (χ1) is 10.2. The summed E-state index contributed by atoms with van der Waals surface area (Å²) in [4.78, 5) is 2.49. The molecule has 0 aliphatic rings. The lowest BCUT2D eigenvalue weighted by atomic mass is 10.2. The molecule has 4 nitrogen and oxygen atoms in total. The van der Waals surface area contributed by atoms with Crippen LogP contribution in [-0.2, 0) is 13.0 Å². The van der Waals surface area contributed by atoms with Gasteiger partial charge in [-0.15, -0.1) is 22.7 Å². The first-order valence-corrected chi connectivity index (χ1v) is 9.13. The molecule has 3 aromatic rings. The molecule has 0 aliphatic carbocycles. The fourth-order valence-corrected chi connectivity index (χ4v) is 5.03. The summed E-state index contributed by atoms with van der Waals surface area (Å²) >= 11 is 4.98. The van der Waals surface area contributed by atoms with Gasteiger partial charge in [0.25, 0.3) is 0 Å². The Kier molecular flexibility index (Phi) is 4.44. The highest BCUT2D eigenvalue weighted by atomic mass is 32.1. The van der Waals surface area contributed by atoms with Crippen LogP contribution in [-0.4, -0.2) is 17.5 Å². The topological polar surface area (TPSA) is 60.2 Å². The van der Waals surface area contributed by atoms with Crippen LogP contribution in [0.5, 0.6) is 5.75 Å². The van der Waals surface area contributed by atoms with Crippen molar-refractivity contribution in [1.82, 2.24) is 4.37 Å². The molecule has 3 rings (SSSR count). The van der Waals surface area contributed by atoms with E-state index >= 15 is 0 Å². The number of anilines is 1. The van der Waals surface area contributed by atoms with Gasteiger partial charge in [0, 0.05) is 17.3 Å². The van der Waals surface area contributed by atoms with E-state index < -0.39 is 0 Å². The van der Waals surface area contributed by atoms with Crippen LogP contribution in [0, 0.1) is 0 Å². The summed E-state index contributed by atoms with van der Waals surface area (Å²) in [5.41, 5.74) is 6.87. The number of rotatable bonds is 6. The van der Waals surface area contributed by atoms with Crippen molar-refractivity contribution in [3.8, 4) is 5.75 Å². The Balaban J connectivity index is 1.88. The summed E-state index contributed by atoms with van der Waals surface area (Å²) in [6.45, 7) is 2.84. The highest BCUT2D eigenvalue weighted by Gasteiger charge is 2.19. The van der Waals surface area contributed by atoms with Crippen LogP contribution in [0.2, 0.25) is 0 Å². The Morgan fingerprint density at radius 2 is 2.33 bits per heavy atom. The largest absolute Gasteiger partial charge is 0.493 e. The standard InChI is InChI=1S/C14H17N3OS3/c1-8(15)6-10-12(18-2)11-13(20-10)14(21-17-11)16-7-9-4-3-5-19-9/h3-5,8,16H,6-7,15H2,1-2H3/t8-/m0/s1. The number of ether oxygens (including phenoxy) is 1. The van der Waals surface area contributed by atoms with Gasteiger partial charge < -0.3 is 15.8 Å². The van der Waals surface area contributed by atoms with Gasteiger partial charge in [-0.05, 0) is 29.9 Å². The van der Waals surface area contributed by atoms with Crippen LogP contribution < -0.4 is 15.8 Å². The molecule has 0 saturated heterocycles. The maximum absolute atomic E-state index is 5.92. The van der Waals surface area contributed by atoms with Gasteiger partial charge in [0.2, 0.25) is 0 Å². The van der Waals surface area contributed by atoms with Crippen LogP contribution in [0.4, 0.5) is 5.00 Å². The highest BCUT2D eigenvalue weighted by molar-refractivity contribution is 7.25. The van der Waals surface area contributed by atoms with Gasteiger partial charge in [-0.25, -0.2) is 0 Å². The molecule has 0 unspecified atom stereocenters. The Labute approximate surface area is 135 Å². The lowest BCUT2D eigenvalue weighted by Gasteiger charge is -2.04. The van der Waals surface area contributed by atoms with E-state index in [0.717, 1.165) is 29.2 Å². The third-order valence-electron chi connectivity index (χ3n) is 3.06. The van der Waals surface area contributed by atoms with Crippen LogP contribution >= 0.6 is 34.2 Å². The molecule has 0 amide bonds. The average Bonchev–Trinajstić information content (AvgIpc) is 3.12. The minimum absolute atomic E-state index is 0.118. The fourth-order valence-electron chi connectivity index (χ4n) is 2.15. The zero-order valence-corrected chi connectivity index (χ0v) is 14.3. The molecule has 3 heterocycles. The van der Waals surface area contributed by atoms with Crippen molar-refractivity contribution in [3.05, 3.63) is 27.3 Å². The van der Waals surface area contributed by atoms with Gasteiger partial charge in [-0.2, -0.15) is 4.37 Å². The number of aromatic nitrogens is 1. The molecule has 3 N–H and O–H groups in total. The molecular formula is C14H17N3OS3. The van der Waals surface area contributed by atoms with E-state index in [4.69, 9.17) is 10.5 Å². The van der Waals surface area contributed by atoms with E-state index in [-0.39, 0.29) is 6.04 Å². The molecule has 0 radical (unpaired) electrons. The smallest absolute Gasteiger partial charge is 0.160 e. The molecule has 0 fully saturated rings. The number of hydrogen-bond acceptors (Lipinski definition) is 7. The lowest BCUT2D eigenvalue weighted by Crippen LogP contribution is -2.17. The first kappa shape index (κ1) is 14.8. The fraction of sp³-hybridized carbons (Fsp3) is 0.357. The summed E-state index contributed by atoms with van der Waals surface area (Å²) in [5, 5.41) is 6.68. The van der Waals surface area contributed by atoms with E-state index in [9.17, 15) is 0 Å². The zero-order valence-electron chi connectivity index (χ0n) is 11.9. The molecule has 7 heteroatoms. The molecule has 3 aromatic heterocycles. The number of fused-ring (bicyclic) bond motifs is 1. The van der Waals surface area contributed by atoms with Gasteiger partial charge in [-0.1, -0.05) is 6.07 Å². The second-order valence-electron chi connectivity index (χ2n) is 4.86. The third kappa shape index (κ3) is 3.06. The number of thiophene rings is 2. The zero-order chi connectivity index (χ0) is 14.8. The van der Waals surface area contributed by atoms with Crippen molar-refractivity contribution in [2.45, 2.75) is 25.9 Å². The lowest BCUT2D eigenvalue weighted by molar-refractivity contribution is 0.415. The summed E-state index contributed by atoms with van der Waals surface area (Å²) < 4.78 is 11.3. The first-order valence-electron chi connectivity index (χ1n) is 6.66. The van der Waals surface area contributed by atoms with Gasteiger partial charge in [0.15, 0.2) is 5.75 Å². The summed E-state index contributed by atoms with van der Waals surface area (Å²) in [7, 11) is 1.70. The van der Waals surface area contributed by atoms with E-state index in [0.29, 0.717) is 0 Å². The van der Waals surface area contributed by atoms with Gasteiger partial charge in [0.05, 0.1) is 23.2 Å². The normalized spacial score (nSPS) is 12.7. The second-order valence-corrected chi connectivity index (χ2v) is 7.77. The number of nitrogens with two attached hydrogens (primary N) is 1. The van der Waals surface area contributed by atoms with Crippen molar-refractivity contribution < 1.29 is 4.74 Å². The van der Waals surface area contributed by atoms with E-state index in [2.05, 4.69) is 27.2 Å². The molecular weight excluding hydrogens is 322 g/mol. The van der Waals surface area contributed by atoms with Crippen molar-refractivity contribution in [3.63, 3.8) is 0 Å².